The quantitative estimate of drug-likeness (QED) is 0.918. The third-order valence-electron chi connectivity index (χ3n) is 3.44. The molecule has 110 valence electrons. The van der Waals surface area contributed by atoms with Gasteiger partial charge in [-0.05, 0) is 36.8 Å². The smallest absolute Gasteiger partial charge is 0.162 e. The number of ether oxygens (including phenoxy) is 2. The molecule has 2 heterocycles. The summed E-state index contributed by atoms with van der Waals surface area (Å²) in [5.41, 5.74) is 2.17. The van der Waals surface area contributed by atoms with E-state index < -0.39 is 0 Å². The van der Waals surface area contributed by atoms with Crippen LogP contribution in [0.25, 0.3) is 0 Å². The highest BCUT2D eigenvalue weighted by molar-refractivity contribution is 9.10. The molecule has 1 aliphatic rings. The predicted molar refractivity (Wildman–Crippen MR) is 84.6 cm³/mol. The Morgan fingerprint density at radius 1 is 1.24 bits per heavy atom. The minimum absolute atomic E-state index is 0.178. The summed E-state index contributed by atoms with van der Waals surface area (Å²) in [5, 5.41) is 3.47. The summed E-state index contributed by atoms with van der Waals surface area (Å²) in [5.74, 6) is 1.61. The van der Waals surface area contributed by atoms with E-state index in [0.29, 0.717) is 13.2 Å². The van der Waals surface area contributed by atoms with Gasteiger partial charge in [0.05, 0.1) is 5.69 Å². The molecule has 1 aliphatic heterocycles. The summed E-state index contributed by atoms with van der Waals surface area (Å²) in [6, 6.07) is 10.1. The van der Waals surface area contributed by atoms with Crippen LogP contribution in [0, 0.1) is 0 Å². The number of hydrogen-bond acceptors (Lipinski definition) is 4. The fourth-order valence-electron chi connectivity index (χ4n) is 2.28. The summed E-state index contributed by atoms with van der Waals surface area (Å²) in [4.78, 5) is 4.32. The first-order chi connectivity index (χ1) is 10.2. The van der Waals surface area contributed by atoms with Crippen LogP contribution in [0.15, 0.2) is 41.0 Å². The maximum atomic E-state index is 5.65. The van der Waals surface area contributed by atoms with Gasteiger partial charge >= 0.3 is 0 Å². The van der Waals surface area contributed by atoms with Crippen LogP contribution >= 0.6 is 15.9 Å². The zero-order valence-electron chi connectivity index (χ0n) is 11.8. The number of halogens is 1. The molecule has 0 unspecified atom stereocenters. The van der Waals surface area contributed by atoms with E-state index in [1.165, 1.54) is 0 Å². The molecule has 0 aliphatic carbocycles. The summed E-state index contributed by atoms with van der Waals surface area (Å²) in [6.07, 6.45) is 1.81. The monoisotopic (exact) mass is 348 g/mol. The second-order valence-electron chi connectivity index (χ2n) is 4.94. The molecule has 2 aromatic rings. The Hall–Kier alpha value is -1.59. The molecule has 0 saturated carbocycles. The lowest BCUT2D eigenvalue weighted by molar-refractivity contribution is 0.171. The van der Waals surface area contributed by atoms with E-state index in [1.807, 2.05) is 36.5 Å². The van der Waals surface area contributed by atoms with E-state index in [1.54, 1.807) is 0 Å². The van der Waals surface area contributed by atoms with Gasteiger partial charge in [-0.25, -0.2) is 0 Å². The highest BCUT2D eigenvalue weighted by atomic mass is 79.9. The molecule has 1 aromatic carbocycles. The summed E-state index contributed by atoms with van der Waals surface area (Å²) in [7, 11) is 0. The molecule has 0 bridgehead atoms. The lowest BCUT2D eigenvalue weighted by atomic mass is 10.1. The number of rotatable bonds is 4. The Morgan fingerprint density at radius 2 is 2.00 bits per heavy atom. The maximum absolute atomic E-state index is 5.65. The highest BCUT2D eigenvalue weighted by Crippen LogP contribution is 2.37. The number of hydrogen-bond donors (Lipinski definition) is 1. The lowest BCUT2D eigenvalue weighted by Gasteiger charge is -2.22. The Labute approximate surface area is 132 Å². The molecular weight excluding hydrogens is 332 g/mol. The van der Waals surface area contributed by atoms with Gasteiger partial charge in [0, 0.05) is 23.3 Å². The summed E-state index contributed by atoms with van der Waals surface area (Å²) >= 11 is 3.61. The first-order valence-corrected chi connectivity index (χ1v) is 7.75. The van der Waals surface area contributed by atoms with Crippen LogP contribution in [0.1, 0.15) is 24.2 Å². The van der Waals surface area contributed by atoms with Crippen molar-refractivity contribution in [2.45, 2.75) is 19.5 Å². The van der Waals surface area contributed by atoms with Gasteiger partial charge < -0.3 is 14.8 Å². The van der Waals surface area contributed by atoms with Crippen molar-refractivity contribution in [2.24, 2.45) is 0 Å². The Kier molecular flexibility index (Phi) is 4.41. The number of nitrogens with one attached hydrogen (secondary N) is 1. The highest BCUT2D eigenvalue weighted by Gasteiger charge is 2.17. The molecule has 0 spiro atoms. The molecule has 1 N–H and O–H groups in total. The molecule has 4 nitrogen and oxygen atoms in total. The van der Waals surface area contributed by atoms with Gasteiger partial charge in [-0.1, -0.05) is 22.0 Å². The Balaban J connectivity index is 1.73. The average Bonchev–Trinajstić information content (AvgIpc) is 2.53. The molecule has 0 radical (unpaired) electrons. The minimum Gasteiger partial charge on any atom is -0.486 e. The van der Waals surface area contributed by atoms with Crippen LogP contribution in [-0.2, 0) is 6.54 Å². The zero-order valence-corrected chi connectivity index (χ0v) is 13.4. The normalized spacial score (nSPS) is 14.8. The average molecular weight is 349 g/mol. The van der Waals surface area contributed by atoms with Crippen molar-refractivity contribution in [1.29, 1.82) is 0 Å². The van der Waals surface area contributed by atoms with E-state index in [0.717, 1.165) is 33.8 Å². The summed E-state index contributed by atoms with van der Waals surface area (Å²) < 4.78 is 12.3. The van der Waals surface area contributed by atoms with Gasteiger partial charge in [-0.2, -0.15) is 0 Å². The molecule has 21 heavy (non-hydrogen) atoms. The van der Waals surface area contributed by atoms with Crippen molar-refractivity contribution in [1.82, 2.24) is 10.3 Å². The van der Waals surface area contributed by atoms with Crippen molar-refractivity contribution >= 4 is 15.9 Å². The first kappa shape index (κ1) is 14.4. The number of nitrogens with zero attached hydrogens (tertiary/aromatic N) is 1. The third kappa shape index (κ3) is 3.36. The van der Waals surface area contributed by atoms with Crippen LogP contribution in [0.4, 0.5) is 0 Å². The minimum atomic E-state index is 0.178. The van der Waals surface area contributed by atoms with Gasteiger partial charge in [-0.3, -0.25) is 4.98 Å². The Morgan fingerprint density at radius 3 is 2.71 bits per heavy atom. The van der Waals surface area contributed by atoms with E-state index in [9.17, 15) is 0 Å². The zero-order chi connectivity index (χ0) is 14.7. The van der Waals surface area contributed by atoms with Crippen LogP contribution in [-0.4, -0.2) is 18.2 Å². The van der Waals surface area contributed by atoms with E-state index in [2.05, 4.69) is 33.2 Å². The first-order valence-electron chi connectivity index (χ1n) is 6.96. The molecular formula is C16H17BrN2O2. The largest absolute Gasteiger partial charge is 0.486 e. The second kappa shape index (κ2) is 6.45. The van der Waals surface area contributed by atoms with Crippen molar-refractivity contribution < 1.29 is 9.47 Å². The van der Waals surface area contributed by atoms with Crippen LogP contribution in [0.2, 0.25) is 0 Å². The van der Waals surface area contributed by atoms with Gasteiger partial charge in [0.25, 0.3) is 0 Å². The van der Waals surface area contributed by atoms with Gasteiger partial charge in [0.2, 0.25) is 0 Å². The number of aromatic nitrogens is 1. The lowest BCUT2D eigenvalue weighted by Crippen LogP contribution is -2.20. The fraction of sp³-hybridized carbons (Fsp3) is 0.312. The van der Waals surface area contributed by atoms with Crippen LogP contribution in [0.5, 0.6) is 11.5 Å². The number of benzene rings is 1. The predicted octanol–water partition coefficient (Wildman–Crippen LogP) is 3.47. The van der Waals surface area contributed by atoms with Crippen molar-refractivity contribution in [3.8, 4) is 11.5 Å². The molecule has 1 aromatic heterocycles. The van der Waals surface area contributed by atoms with Crippen molar-refractivity contribution in [2.75, 3.05) is 13.2 Å². The van der Waals surface area contributed by atoms with Crippen molar-refractivity contribution in [3.05, 3.63) is 52.3 Å². The van der Waals surface area contributed by atoms with Gasteiger partial charge in [0.1, 0.15) is 13.2 Å². The molecule has 1 atom stereocenters. The summed E-state index contributed by atoms with van der Waals surface area (Å²) in [6.45, 7) is 4.05. The van der Waals surface area contributed by atoms with Gasteiger partial charge in [-0.15, -0.1) is 0 Å². The van der Waals surface area contributed by atoms with E-state index >= 15 is 0 Å². The topological polar surface area (TPSA) is 43.4 Å². The molecule has 5 heteroatoms. The SMILES string of the molecule is C[C@@H](NCc1ccccn1)c1cc2c(cc1Br)OCCO2. The molecule has 0 fully saturated rings. The van der Waals surface area contributed by atoms with Gasteiger partial charge in [0.15, 0.2) is 11.5 Å². The number of pyridine rings is 1. The second-order valence-corrected chi connectivity index (χ2v) is 5.80. The standard InChI is InChI=1S/C16H17BrN2O2/c1-11(19-10-12-4-2-3-5-18-12)13-8-15-16(9-14(13)17)21-7-6-20-15/h2-5,8-9,11,19H,6-7,10H2,1H3/t11-/m1/s1. The fourth-order valence-corrected chi connectivity index (χ4v) is 2.95. The van der Waals surface area contributed by atoms with Crippen LogP contribution < -0.4 is 14.8 Å². The van der Waals surface area contributed by atoms with E-state index in [-0.39, 0.29) is 6.04 Å². The third-order valence-corrected chi connectivity index (χ3v) is 4.13. The molecule has 0 amide bonds. The molecule has 0 saturated heterocycles. The van der Waals surface area contributed by atoms with Crippen molar-refractivity contribution in [3.63, 3.8) is 0 Å². The Bertz CT molecular complexity index is 619. The maximum Gasteiger partial charge on any atom is 0.162 e. The number of fused-ring (bicyclic) bond motifs is 1. The molecule has 3 rings (SSSR count). The van der Waals surface area contributed by atoms with Crippen LogP contribution in [0.3, 0.4) is 0 Å². The van der Waals surface area contributed by atoms with E-state index in [4.69, 9.17) is 9.47 Å².